The van der Waals surface area contributed by atoms with E-state index in [1.165, 1.54) is 0 Å². The predicted molar refractivity (Wildman–Crippen MR) is 147 cm³/mol. The lowest BCUT2D eigenvalue weighted by atomic mass is 10.2. The second-order valence-corrected chi connectivity index (χ2v) is 8.72. The number of ether oxygens (including phenoxy) is 1. The number of aromatic nitrogens is 2. The Morgan fingerprint density at radius 1 is 0.590 bits per heavy atom. The van der Waals surface area contributed by atoms with Crippen LogP contribution in [0, 0.1) is 0 Å². The van der Waals surface area contributed by atoms with E-state index < -0.39 is 0 Å². The molecule has 0 saturated heterocycles. The molecule has 2 amide bonds. The van der Waals surface area contributed by atoms with E-state index in [1.807, 2.05) is 72.8 Å². The summed E-state index contributed by atoms with van der Waals surface area (Å²) in [5.41, 5.74) is 5.74. The Morgan fingerprint density at radius 3 is 1.41 bits per heavy atom. The normalized spacial score (nSPS) is 11.1. The highest BCUT2D eigenvalue weighted by Gasteiger charge is 2.11. The predicted octanol–water partition coefficient (Wildman–Crippen LogP) is 5.90. The molecular weight excluding hydrogens is 496 g/mol. The molecule has 0 atom stereocenters. The molecule has 9 heteroatoms. The molecule has 0 aliphatic carbocycles. The molecule has 2 heterocycles. The molecule has 0 unspecified atom stereocenters. The second kappa shape index (κ2) is 10.6. The van der Waals surface area contributed by atoms with Crippen molar-refractivity contribution in [3.63, 3.8) is 0 Å². The van der Waals surface area contributed by atoms with Gasteiger partial charge in [-0.15, -0.1) is 0 Å². The zero-order valence-electron chi connectivity index (χ0n) is 20.6. The summed E-state index contributed by atoms with van der Waals surface area (Å²) in [7, 11) is 0. The highest BCUT2D eigenvalue weighted by atomic mass is 16.5. The lowest BCUT2D eigenvalue weighted by Crippen LogP contribution is -2.23. The van der Waals surface area contributed by atoms with E-state index >= 15 is 0 Å². The Kier molecular flexibility index (Phi) is 6.55. The van der Waals surface area contributed by atoms with Crippen molar-refractivity contribution in [1.82, 2.24) is 9.97 Å². The summed E-state index contributed by atoms with van der Waals surface area (Å²) in [6.07, 6.45) is 0. The lowest BCUT2D eigenvalue weighted by Gasteiger charge is -2.08. The number of anilines is 2. The number of carbonyl (C=O) groups excluding carboxylic acids is 2. The summed E-state index contributed by atoms with van der Waals surface area (Å²) in [6.45, 7) is -0.534. The zero-order valence-corrected chi connectivity index (χ0v) is 20.6. The summed E-state index contributed by atoms with van der Waals surface area (Å²) < 4.78 is 16.8. The number of amides is 2. The summed E-state index contributed by atoms with van der Waals surface area (Å²) >= 11 is 0. The average Bonchev–Trinajstić information content (AvgIpc) is 3.58. The van der Waals surface area contributed by atoms with Crippen molar-refractivity contribution in [3.05, 3.63) is 97.1 Å². The summed E-state index contributed by atoms with van der Waals surface area (Å²) in [4.78, 5) is 33.4. The third kappa shape index (κ3) is 5.53. The SMILES string of the molecule is O=C(COCC(=O)Nc1ccc(-c2nc3ccccc3o2)cc1)Nc1ccc(-c2nc3ccccc3o2)cc1. The van der Waals surface area contributed by atoms with Crippen LogP contribution in [0.15, 0.2) is 106 Å². The Balaban J connectivity index is 0.962. The van der Waals surface area contributed by atoms with E-state index in [0.717, 1.165) is 22.2 Å². The van der Waals surface area contributed by atoms with Crippen molar-refractivity contribution in [2.24, 2.45) is 0 Å². The minimum absolute atomic E-state index is 0.267. The van der Waals surface area contributed by atoms with Gasteiger partial charge in [-0.25, -0.2) is 9.97 Å². The van der Waals surface area contributed by atoms with Gasteiger partial charge in [0.15, 0.2) is 11.2 Å². The van der Waals surface area contributed by atoms with Crippen LogP contribution in [-0.2, 0) is 14.3 Å². The van der Waals surface area contributed by atoms with E-state index in [1.54, 1.807) is 24.3 Å². The molecule has 0 bridgehead atoms. The number of nitrogens with zero attached hydrogens (tertiary/aromatic N) is 2. The van der Waals surface area contributed by atoms with Crippen LogP contribution in [0.25, 0.3) is 45.1 Å². The molecule has 4 aromatic carbocycles. The minimum atomic E-state index is -0.375. The number of oxazole rings is 2. The molecule has 192 valence electrons. The molecule has 0 radical (unpaired) electrons. The third-order valence-electron chi connectivity index (χ3n) is 5.89. The number of nitrogens with one attached hydrogen (secondary N) is 2. The van der Waals surface area contributed by atoms with Gasteiger partial charge in [0, 0.05) is 22.5 Å². The van der Waals surface area contributed by atoms with E-state index in [9.17, 15) is 9.59 Å². The summed E-state index contributed by atoms with van der Waals surface area (Å²) in [5, 5.41) is 5.48. The summed E-state index contributed by atoms with van der Waals surface area (Å²) in [6, 6.07) is 29.3. The first kappa shape index (κ1) is 24.1. The average molecular weight is 519 g/mol. The number of hydrogen-bond acceptors (Lipinski definition) is 7. The maximum atomic E-state index is 12.2. The topological polar surface area (TPSA) is 119 Å². The Morgan fingerprint density at radius 2 is 1.00 bits per heavy atom. The Bertz CT molecular complexity index is 1570. The molecular formula is C30H22N4O5. The number of para-hydroxylation sites is 4. The van der Waals surface area contributed by atoms with Gasteiger partial charge in [-0.05, 0) is 72.8 Å². The van der Waals surface area contributed by atoms with Gasteiger partial charge < -0.3 is 24.2 Å². The largest absolute Gasteiger partial charge is 0.436 e. The molecule has 2 N–H and O–H groups in total. The molecule has 6 rings (SSSR count). The number of benzene rings is 4. The minimum Gasteiger partial charge on any atom is -0.436 e. The van der Waals surface area contributed by atoms with Crippen molar-refractivity contribution in [3.8, 4) is 22.9 Å². The number of hydrogen-bond donors (Lipinski definition) is 2. The highest BCUT2D eigenvalue weighted by molar-refractivity contribution is 5.94. The van der Waals surface area contributed by atoms with E-state index in [0.29, 0.717) is 34.3 Å². The van der Waals surface area contributed by atoms with E-state index in [4.69, 9.17) is 13.6 Å². The van der Waals surface area contributed by atoms with Crippen LogP contribution in [-0.4, -0.2) is 35.0 Å². The fourth-order valence-electron chi connectivity index (χ4n) is 4.01. The number of carbonyl (C=O) groups is 2. The number of fused-ring (bicyclic) bond motifs is 2. The molecule has 0 aliphatic heterocycles. The van der Waals surface area contributed by atoms with Gasteiger partial charge in [0.2, 0.25) is 23.6 Å². The quantitative estimate of drug-likeness (QED) is 0.258. The fraction of sp³-hybridized carbons (Fsp3) is 0.0667. The smallest absolute Gasteiger partial charge is 0.250 e. The van der Waals surface area contributed by atoms with Gasteiger partial charge in [0.05, 0.1) is 0 Å². The van der Waals surface area contributed by atoms with Gasteiger partial charge >= 0.3 is 0 Å². The van der Waals surface area contributed by atoms with Crippen LogP contribution in [0.3, 0.4) is 0 Å². The van der Waals surface area contributed by atoms with Crippen molar-refractivity contribution < 1.29 is 23.2 Å². The second-order valence-electron chi connectivity index (χ2n) is 8.72. The van der Waals surface area contributed by atoms with Crippen molar-refractivity contribution in [2.45, 2.75) is 0 Å². The van der Waals surface area contributed by atoms with E-state index in [2.05, 4.69) is 20.6 Å². The zero-order chi connectivity index (χ0) is 26.6. The Hall–Kier alpha value is -5.28. The third-order valence-corrected chi connectivity index (χ3v) is 5.89. The Labute approximate surface area is 222 Å². The maximum Gasteiger partial charge on any atom is 0.250 e. The maximum absolute atomic E-state index is 12.2. The van der Waals surface area contributed by atoms with Crippen molar-refractivity contribution in [2.75, 3.05) is 23.8 Å². The van der Waals surface area contributed by atoms with Crippen LogP contribution in [0.4, 0.5) is 11.4 Å². The van der Waals surface area contributed by atoms with Gasteiger partial charge in [-0.1, -0.05) is 24.3 Å². The van der Waals surface area contributed by atoms with Gasteiger partial charge in [-0.2, -0.15) is 0 Å². The molecule has 39 heavy (non-hydrogen) atoms. The van der Waals surface area contributed by atoms with Gasteiger partial charge in [-0.3, -0.25) is 9.59 Å². The number of rotatable bonds is 8. The fourth-order valence-corrected chi connectivity index (χ4v) is 4.01. The first-order valence-electron chi connectivity index (χ1n) is 12.2. The molecule has 0 aliphatic rings. The van der Waals surface area contributed by atoms with Crippen LogP contribution >= 0.6 is 0 Å². The first-order valence-corrected chi connectivity index (χ1v) is 12.2. The summed E-state index contributed by atoms with van der Waals surface area (Å²) in [5.74, 6) is 0.258. The van der Waals surface area contributed by atoms with E-state index in [-0.39, 0.29) is 25.0 Å². The first-order chi connectivity index (χ1) is 19.1. The molecule has 0 spiro atoms. The monoisotopic (exact) mass is 518 g/mol. The van der Waals surface area contributed by atoms with Crippen LogP contribution in [0.5, 0.6) is 0 Å². The lowest BCUT2D eigenvalue weighted by molar-refractivity contribution is -0.125. The van der Waals surface area contributed by atoms with Crippen LogP contribution in [0.2, 0.25) is 0 Å². The molecule has 2 aromatic heterocycles. The van der Waals surface area contributed by atoms with Crippen molar-refractivity contribution in [1.29, 1.82) is 0 Å². The molecule has 0 fully saturated rings. The van der Waals surface area contributed by atoms with Crippen LogP contribution < -0.4 is 10.6 Å². The highest BCUT2D eigenvalue weighted by Crippen LogP contribution is 2.26. The van der Waals surface area contributed by atoms with Gasteiger partial charge in [0.25, 0.3) is 0 Å². The van der Waals surface area contributed by atoms with Gasteiger partial charge in [0.1, 0.15) is 24.2 Å². The van der Waals surface area contributed by atoms with Crippen molar-refractivity contribution >= 4 is 45.4 Å². The molecule has 6 aromatic rings. The molecule has 0 saturated carbocycles. The standard InChI is InChI=1S/C30H22N4O5/c35-27(31-21-13-9-19(10-14-21)29-33-23-5-1-3-7-25(23)38-29)17-37-18-28(36)32-22-15-11-20(12-16-22)30-34-24-6-2-4-8-26(24)39-30/h1-16H,17-18H2,(H,31,35)(H,32,36). The molecule has 9 nitrogen and oxygen atoms in total. The van der Waals surface area contributed by atoms with Crippen LogP contribution in [0.1, 0.15) is 0 Å².